The van der Waals surface area contributed by atoms with E-state index in [2.05, 4.69) is 142 Å². The van der Waals surface area contributed by atoms with E-state index < -0.39 is 0 Å². The molecule has 0 aliphatic carbocycles. The second-order valence-electron chi connectivity index (χ2n) is 14.5. The summed E-state index contributed by atoms with van der Waals surface area (Å²) < 4.78 is 4.40. The number of nitrogens with zero attached hydrogens (tertiary/aromatic N) is 4. The minimum Gasteiger partial charge on any atom is -0.517 e. The average molecular weight is 809 g/mol. The van der Waals surface area contributed by atoms with Gasteiger partial charge in [-0.05, 0) is 69.8 Å². The molecule has 0 saturated heterocycles. The van der Waals surface area contributed by atoms with Crippen LogP contribution in [0.1, 0.15) is 52.7 Å². The second-order valence-corrected chi connectivity index (χ2v) is 14.5. The van der Waals surface area contributed by atoms with Crippen molar-refractivity contribution in [1.82, 2.24) is 19.1 Å². The molecule has 0 radical (unpaired) electrons. The van der Waals surface area contributed by atoms with Crippen LogP contribution < -0.4 is 0 Å². The van der Waals surface area contributed by atoms with Crippen LogP contribution in [-0.2, 0) is 31.9 Å². The Morgan fingerprint density at radius 1 is 0.604 bits per heavy atom. The molecule has 8 aromatic rings. The van der Waals surface area contributed by atoms with Crippen LogP contribution >= 0.6 is 0 Å². The van der Waals surface area contributed by atoms with Gasteiger partial charge in [0.05, 0.1) is 11.3 Å². The Hall–Kier alpha value is -4.73. The van der Waals surface area contributed by atoms with Crippen LogP contribution in [0, 0.1) is 6.07 Å². The van der Waals surface area contributed by atoms with E-state index in [-0.39, 0.29) is 37.6 Å². The van der Waals surface area contributed by atoms with Crippen molar-refractivity contribution < 1.29 is 26.2 Å². The molecule has 0 amide bonds. The maximum atomic E-state index is 11.0. The smallest absolute Gasteiger partial charge is 0.146 e. The van der Waals surface area contributed by atoms with Gasteiger partial charge < -0.3 is 9.67 Å². The molecule has 1 N–H and O–H groups in total. The maximum Gasteiger partial charge on any atom is 0.146 e. The molecule has 242 valence electrons. The van der Waals surface area contributed by atoms with Crippen molar-refractivity contribution in [1.29, 1.82) is 0 Å². The third-order valence-corrected chi connectivity index (χ3v) is 9.29. The molecule has 0 atom stereocenters. The zero-order valence-corrected chi connectivity index (χ0v) is 30.2. The Balaban J connectivity index is 0.00000364. The van der Waals surface area contributed by atoms with E-state index in [1.54, 1.807) is 6.07 Å². The van der Waals surface area contributed by atoms with Gasteiger partial charge in [-0.15, -0.1) is 23.8 Å². The van der Waals surface area contributed by atoms with Crippen molar-refractivity contribution in [3.05, 3.63) is 127 Å². The number of aromatic hydroxyl groups is 1. The van der Waals surface area contributed by atoms with Gasteiger partial charge >= 0.3 is 0 Å². The summed E-state index contributed by atoms with van der Waals surface area (Å²) in [6.45, 7) is 13.3. The first-order chi connectivity index (χ1) is 22.5. The van der Waals surface area contributed by atoms with Gasteiger partial charge in [0.15, 0.2) is 0 Å². The molecule has 8 rings (SSSR count). The second kappa shape index (κ2) is 11.5. The average Bonchev–Trinajstić information content (AvgIpc) is 3.56. The summed E-state index contributed by atoms with van der Waals surface area (Å²) in [6, 6.07) is 39.2. The standard InChI is InChI=1S/C42H37N4O.Pt/c1-41(2,3)27-18-20-37(47)33(23-27)26-17-19-31-29-12-7-9-15-34(29)45(36(31)22-26)38-24-28(42(4,5)6)25-39(44-38)46-35-16-10-8-13-30(35)32-14-11-21-43-40(32)46;/h7-21,23-25,47H,1-6H3;/q-1;. The maximum absolute atomic E-state index is 11.0. The number of phenolic OH excluding ortho intramolecular Hbond substituents is 1. The molecular formula is C42H37N4OPt-. The van der Waals surface area contributed by atoms with Gasteiger partial charge in [0.2, 0.25) is 0 Å². The molecule has 0 unspecified atom stereocenters. The monoisotopic (exact) mass is 808 g/mol. The molecule has 0 aliphatic heterocycles. The summed E-state index contributed by atoms with van der Waals surface area (Å²) >= 11 is 0. The predicted molar refractivity (Wildman–Crippen MR) is 194 cm³/mol. The molecule has 4 heterocycles. The van der Waals surface area contributed by atoms with E-state index in [1.165, 1.54) is 0 Å². The van der Waals surface area contributed by atoms with Crippen LogP contribution in [0.3, 0.4) is 0 Å². The summed E-state index contributed by atoms with van der Waals surface area (Å²) in [5.74, 6) is 1.86. The largest absolute Gasteiger partial charge is 0.517 e. The van der Waals surface area contributed by atoms with Crippen molar-refractivity contribution in [2.45, 2.75) is 52.4 Å². The van der Waals surface area contributed by atoms with Crippen molar-refractivity contribution in [2.75, 3.05) is 0 Å². The number of aromatic nitrogens is 4. The third kappa shape index (κ3) is 5.12. The number of fused-ring (bicyclic) bond motifs is 6. The molecule has 0 aliphatic rings. The van der Waals surface area contributed by atoms with Crippen LogP contribution in [0.5, 0.6) is 5.75 Å². The van der Waals surface area contributed by atoms with Gasteiger partial charge in [-0.25, -0.2) is 9.97 Å². The van der Waals surface area contributed by atoms with Crippen LogP contribution in [0.15, 0.2) is 109 Å². The zero-order valence-electron chi connectivity index (χ0n) is 27.9. The van der Waals surface area contributed by atoms with Crippen LogP contribution in [0.4, 0.5) is 0 Å². The van der Waals surface area contributed by atoms with E-state index in [0.29, 0.717) is 0 Å². The Kier molecular flexibility index (Phi) is 7.60. The molecule has 48 heavy (non-hydrogen) atoms. The van der Waals surface area contributed by atoms with Gasteiger partial charge in [0.25, 0.3) is 0 Å². The number of phenols is 1. The summed E-state index contributed by atoms with van der Waals surface area (Å²) in [7, 11) is 0. The minimum atomic E-state index is -0.147. The SMILES string of the molecule is CC(C)(C)c1cc(-n2c3[c-]c(-c4cc(C(C)(C)C)ccc4O)ccc3c3ccccc32)nc(-n2c3ccccc3c3cccnc32)c1.[Pt]. The molecule has 6 heteroatoms. The fourth-order valence-corrected chi connectivity index (χ4v) is 6.70. The van der Waals surface area contributed by atoms with Crippen molar-refractivity contribution in [2.24, 2.45) is 0 Å². The van der Waals surface area contributed by atoms with Gasteiger partial charge in [-0.2, -0.15) is 0 Å². The molecule has 0 bridgehead atoms. The van der Waals surface area contributed by atoms with E-state index in [1.807, 2.05) is 18.3 Å². The molecule has 4 aromatic heterocycles. The Morgan fingerprint density at radius 2 is 1.21 bits per heavy atom. The summed E-state index contributed by atoms with van der Waals surface area (Å²) in [5, 5.41) is 15.5. The number of pyridine rings is 2. The van der Waals surface area contributed by atoms with Crippen molar-refractivity contribution in [3.8, 4) is 28.5 Å². The third-order valence-electron chi connectivity index (χ3n) is 9.29. The van der Waals surface area contributed by atoms with Crippen molar-refractivity contribution in [3.63, 3.8) is 0 Å². The first-order valence-corrected chi connectivity index (χ1v) is 16.2. The molecular weight excluding hydrogens is 772 g/mol. The van der Waals surface area contributed by atoms with E-state index in [9.17, 15) is 5.11 Å². The van der Waals surface area contributed by atoms with E-state index in [0.717, 1.165) is 77.6 Å². The summed E-state index contributed by atoms with van der Waals surface area (Å²) in [5.41, 5.74) is 7.62. The van der Waals surface area contributed by atoms with E-state index in [4.69, 9.17) is 9.97 Å². The fraction of sp³-hybridized carbons (Fsp3) is 0.190. The van der Waals surface area contributed by atoms with Gasteiger partial charge in [0, 0.05) is 43.6 Å². The number of para-hydroxylation sites is 2. The zero-order chi connectivity index (χ0) is 32.7. The van der Waals surface area contributed by atoms with Gasteiger partial charge in [-0.1, -0.05) is 107 Å². The van der Waals surface area contributed by atoms with Crippen LogP contribution in [0.25, 0.3) is 66.5 Å². The summed E-state index contributed by atoms with van der Waals surface area (Å²) in [4.78, 5) is 10.3. The van der Waals surface area contributed by atoms with Crippen molar-refractivity contribution >= 4 is 43.7 Å². The Bertz CT molecular complexity index is 2460. The minimum absolute atomic E-state index is 0. The van der Waals surface area contributed by atoms with Crippen LogP contribution in [-0.4, -0.2) is 24.2 Å². The predicted octanol–water partition coefficient (Wildman–Crippen LogP) is 10.4. The molecule has 5 nitrogen and oxygen atoms in total. The van der Waals surface area contributed by atoms with Gasteiger partial charge in [-0.3, -0.25) is 4.57 Å². The normalized spacial score (nSPS) is 12.3. The topological polar surface area (TPSA) is 55.9 Å². The number of benzene rings is 4. The van der Waals surface area contributed by atoms with Gasteiger partial charge in [0.1, 0.15) is 17.3 Å². The number of rotatable bonds is 3. The molecule has 0 fully saturated rings. The van der Waals surface area contributed by atoms with Crippen LogP contribution in [0.2, 0.25) is 0 Å². The van der Waals surface area contributed by atoms with E-state index >= 15 is 0 Å². The molecule has 0 saturated carbocycles. The first-order valence-electron chi connectivity index (χ1n) is 16.2. The summed E-state index contributed by atoms with van der Waals surface area (Å²) in [6.07, 6.45) is 1.85. The molecule has 0 spiro atoms. The molecule has 4 aromatic carbocycles. The Morgan fingerprint density at radius 3 is 1.90 bits per heavy atom. The fourth-order valence-electron chi connectivity index (χ4n) is 6.70. The number of hydrogen-bond acceptors (Lipinski definition) is 3. The quantitative estimate of drug-likeness (QED) is 0.181. The Labute approximate surface area is 295 Å². The first kappa shape index (κ1) is 31.8. The number of hydrogen-bond donors (Lipinski definition) is 1.